The van der Waals surface area contributed by atoms with Crippen LogP contribution in [-0.4, -0.2) is 30.7 Å². The zero-order chi connectivity index (χ0) is 10.6. The van der Waals surface area contributed by atoms with Crippen LogP contribution in [0.4, 0.5) is 0 Å². The second-order valence-electron chi connectivity index (χ2n) is 4.01. The number of nitrogens with zero attached hydrogens (tertiary/aromatic N) is 1. The topological polar surface area (TPSA) is 23.5 Å². The summed E-state index contributed by atoms with van der Waals surface area (Å²) in [6, 6.07) is 10.3. The first kappa shape index (κ1) is 11.2. The Morgan fingerprint density at radius 2 is 1.79 bits per heavy atom. The predicted molar refractivity (Wildman–Crippen MR) is 59.2 cm³/mol. The zero-order valence-electron chi connectivity index (χ0n) is 9.20. The summed E-state index contributed by atoms with van der Waals surface area (Å²) in [4.78, 5) is 2.15. The van der Waals surface area contributed by atoms with Gasteiger partial charge in [-0.25, -0.2) is 0 Å². The third-order valence-corrected chi connectivity index (χ3v) is 2.98. The maximum Gasteiger partial charge on any atom is 0.0451 e. The van der Waals surface area contributed by atoms with Crippen molar-refractivity contribution in [2.24, 2.45) is 0 Å². The van der Waals surface area contributed by atoms with Crippen molar-refractivity contribution in [2.75, 3.05) is 20.7 Å². The molecule has 0 aromatic heterocycles. The number of hydrogen-bond donors (Lipinski definition) is 1. The molecule has 1 aromatic carbocycles. The van der Waals surface area contributed by atoms with Gasteiger partial charge in [-0.1, -0.05) is 30.3 Å². The van der Waals surface area contributed by atoms with Gasteiger partial charge in [-0.15, -0.1) is 0 Å². The lowest BCUT2D eigenvalue weighted by molar-refractivity contribution is 0.124. The summed E-state index contributed by atoms with van der Waals surface area (Å²) in [6.45, 7) is 2.36. The van der Waals surface area contributed by atoms with Crippen LogP contribution in [0.15, 0.2) is 30.3 Å². The molecule has 1 aromatic rings. The molecule has 14 heavy (non-hydrogen) atoms. The van der Waals surface area contributed by atoms with Crippen LogP contribution in [0.3, 0.4) is 0 Å². The molecule has 1 N–H and O–H groups in total. The zero-order valence-corrected chi connectivity index (χ0v) is 9.20. The standard InChI is InChI=1S/C12H19NO/c1-12(9-10-14,13(2)3)11-7-5-4-6-8-11/h4-8,14H,9-10H2,1-3H3. The lowest BCUT2D eigenvalue weighted by atomic mass is 9.88. The highest BCUT2D eigenvalue weighted by molar-refractivity contribution is 5.23. The fourth-order valence-electron chi connectivity index (χ4n) is 1.64. The average Bonchev–Trinajstić information content (AvgIpc) is 2.19. The molecule has 2 heteroatoms. The quantitative estimate of drug-likeness (QED) is 0.788. The summed E-state index contributed by atoms with van der Waals surface area (Å²) in [5, 5.41) is 9.09. The van der Waals surface area contributed by atoms with Crippen molar-refractivity contribution in [3.63, 3.8) is 0 Å². The van der Waals surface area contributed by atoms with E-state index in [1.807, 2.05) is 32.3 Å². The highest BCUT2D eigenvalue weighted by Crippen LogP contribution is 2.28. The Balaban J connectivity index is 2.99. The number of aliphatic hydroxyl groups excluding tert-OH is 1. The lowest BCUT2D eigenvalue weighted by Crippen LogP contribution is -2.39. The molecule has 0 saturated heterocycles. The van der Waals surface area contributed by atoms with E-state index < -0.39 is 0 Å². The molecule has 0 aliphatic carbocycles. The second-order valence-corrected chi connectivity index (χ2v) is 4.01. The lowest BCUT2D eigenvalue weighted by Gasteiger charge is -2.36. The van der Waals surface area contributed by atoms with Gasteiger partial charge in [0.25, 0.3) is 0 Å². The fraction of sp³-hybridized carbons (Fsp3) is 0.500. The molecule has 0 amide bonds. The van der Waals surface area contributed by atoms with Gasteiger partial charge >= 0.3 is 0 Å². The van der Waals surface area contributed by atoms with E-state index in [2.05, 4.69) is 24.0 Å². The smallest absolute Gasteiger partial charge is 0.0451 e. The van der Waals surface area contributed by atoms with Crippen LogP contribution >= 0.6 is 0 Å². The largest absolute Gasteiger partial charge is 0.396 e. The first-order chi connectivity index (χ1) is 6.61. The van der Waals surface area contributed by atoms with Crippen LogP contribution in [0.25, 0.3) is 0 Å². The minimum Gasteiger partial charge on any atom is -0.396 e. The molecule has 0 radical (unpaired) electrons. The summed E-state index contributed by atoms with van der Waals surface area (Å²) < 4.78 is 0. The Kier molecular flexibility index (Phi) is 3.67. The Hall–Kier alpha value is -0.860. The van der Waals surface area contributed by atoms with Crippen molar-refractivity contribution in [1.29, 1.82) is 0 Å². The van der Waals surface area contributed by atoms with Crippen molar-refractivity contribution >= 4 is 0 Å². The van der Waals surface area contributed by atoms with Gasteiger partial charge < -0.3 is 5.11 Å². The molecule has 78 valence electrons. The summed E-state index contributed by atoms with van der Waals surface area (Å²) in [6.07, 6.45) is 0.754. The van der Waals surface area contributed by atoms with Crippen LogP contribution < -0.4 is 0 Å². The van der Waals surface area contributed by atoms with Crippen molar-refractivity contribution in [3.05, 3.63) is 35.9 Å². The Morgan fingerprint density at radius 3 is 2.21 bits per heavy atom. The highest BCUT2D eigenvalue weighted by atomic mass is 16.3. The Morgan fingerprint density at radius 1 is 1.21 bits per heavy atom. The molecule has 2 nitrogen and oxygen atoms in total. The van der Waals surface area contributed by atoms with Crippen LogP contribution in [0.5, 0.6) is 0 Å². The number of hydrogen-bond acceptors (Lipinski definition) is 2. The number of benzene rings is 1. The molecule has 0 bridgehead atoms. The summed E-state index contributed by atoms with van der Waals surface area (Å²) in [5.41, 5.74) is 1.18. The van der Waals surface area contributed by atoms with E-state index in [9.17, 15) is 0 Å². The first-order valence-corrected chi connectivity index (χ1v) is 4.95. The summed E-state index contributed by atoms with van der Waals surface area (Å²) in [5.74, 6) is 0. The Labute approximate surface area is 86.2 Å². The van der Waals surface area contributed by atoms with Gasteiger partial charge in [-0.2, -0.15) is 0 Å². The molecule has 0 fully saturated rings. The van der Waals surface area contributed by atoms with Gasteiger partial charge in [-0.3, -0.25) is 4.90 Å². The molecular formula is C12H19NO. The van der Waals surface area contributed by atoms with Gasteiger partial charge in [0.15, 0.2) is 0 Å². The van der Waals surface area contributed by atoms with Gasteiger partial charge in [0.1, 0.15) is 0 Å². The number of aliphatic hydroxyl groups is 1. The minimum atomic E-state index is -0.0734. The first-order valence-electron chi connectivity index (χ1n) is 4.95. The molecule has 0 saturated carbocycles. The molecule has 0 spiro atoms. The minimum absolute atomic E-state index is 0.0734. The number of rotatable bonds is 4. The fourth-order valence-corrected chi connectivity index (χ4v) is 1.64. The van der Waals surface area contributed by atoms with E-state index in [0.29, 0.717) is 0 Å². The van der Waals surface area contributed by atoms with E-state index in [0.717, 1.165) is 6.42 Å². The normalized spacial score (nSPS) is 15.5. The second kappa shape index (κ2) is 4.58. The van der Waals surface area contributed by atoms with E-state index >= 15 is 0 Å². The third kappa shape index (κ3) is 2.14. The molecule has 0 aliphatic heterocycles. The van der Waals surface area contributed by atoms with Gasteiger partial charge in [0, 0.05) is 12.1 Å². The molecule has 1 unspecified atom stereocenters. The molecule has 1 rings (SSSR count). The van der Waals surface area contributed by atoms with Crippen molar-refractivity contribution in [3.8, 4) is 0 Å². The Bertz CT molecular complexity index is 271. The summed E-state index contributed by atoms with van der Waals surface area (Å²) >= 11 is 0. The van der Waals surface area contributed by atoms with Crippen molar-refractivity contribution in [1.82, 2.24) is 4.90 Å². The third-order valence-electron chi connectivity index (χ3n) is 2.98. The average molecular weight is 193 g/mol. The molecule has 0 heterocycles. The van der Waals surface area contributed by atoms with Crippen molar-refractivity contribution < 1.29 is 5.11 Å². The van der Waals surface area contributed by atoms with Gasteiger partial charge in [0.2, 0.25) is 0 Å². The monoisotopic (exact) mass is 193 g/mol. The molecule has 1 atom stereocenters. The van der Waals surface area contributed by atoms with E-state index in [4.69, 9.17) is 5.11 Å². The molecular weight excluding hydrogens is 174 g/mol. The van der Waals surface area contributed by atoms with Crippen LogP contribution in [0.1, 0.15) is 18.9 Å². The van der Waals surface area contributed by atoms with Crippen LogP contribution in [-0.2, 0) is 5.54 Å². The SMILES string of the molecule is CN(C)C(C)(CCO)c1ccccc1. The maximum absolute atomic E-state index is 9.09. The van der Waals surface area contributed by atoms with Crippen LogP contribution in [0.2, 0.25) is 0 Å². The summed E-state index contributed by atoms with van der Waals surface area (Å²) in [7, 11) is 4.09. The van der Waals surface area contributed by atoms with Crippen molar-refractivity contribution in [2.45, 2.75) is 18.9 Å². The van der Waals surface area contributed by atoms with E-state index in [1.54, 1.807) is 0 Å². The van der Waals surface area contributed by atoms with Crippen LogP contribution in [0, 0.1) is 0 Å². The highest BCUT2D eigenvalue weighted by Gasteiger charge is 2.27. The van der Waals surface area contributed by atoms with E-state index in [1.165, 1.54) is 5.56 Å². The predicted octanol–water partition coefficient (Wildman–Crippen LogP) is 1.85. The molecule has 0 aliphatic rings. The maximum atomic E-state index is 9.09. The van der Waals surface area contributed by atoms with E-state index in [-0.39, 0.29) is 12.1 Å². The van der Waals surface area contributed by atoms with Gasteiger partial charge in [0.05, 0.1) is 0 Å². The van der Waals surface area contributed by atoms with Gasteiger partial charge in [-0.05, 0) is 33.0 Å².